The molecule has 188 valence electrons. The third-order valence-corrected chi connectivity index (χ3v) is 6.48. The SMILES string of the molecule is C=CCOc1nc(N2CCN(C)CC2)nc2ccc(Oc3ccc(NC(=O)[C@@H]4CCCN4)cc3)cc12. The fourth-order valence-corrected chi connectivity index (χ4v) is 4.41. The number of carbonyl (C=O) groups is 1. The predicted molar refractivity (Wildman–Crippen MR) is 141 cm³/mol. The summed E-state index contributed by atoms with van der Waals surface area (Å²) in [5.41, 5.74) is 1.54. The Morgan fingerprint density at radius 1 is 1.14 bits per heavy atom. The molecule has 2 N–H and O–H groups in total. The molecule has 1 atom stereocenters. The average Bonchev–Trinajstić information content (AvgIpc) is 3.44. The van der Waals surface area contributed by atoms with Crippen LogP contribution < -0.4 is 25.0 Å². The van der Waals surface area contributed by atoms with E-state index in [0.717, 1.165) is 62.2 Å². The van der Waals surface area contributed by atoms with Gasteiger partial charge in [-0.2, -0.15) is 4.98 Å². The van der Waals surface area contributed by atoms with E-state index in [9.17, 15) is 4.79 Å². The van der Waals surface area contributed by atoms with Crippen molar-refractivity contribution in [2.45, 2.75) is 18.9 Å². The van der Waals surface area contributed by atoms with Gasteiger partial charge in [0.2, 0.25) is 17.7 Å². The molecule has 0 unspecified atom stereocenters. The third-order valence-electron chi connectivity index (χ3n) is 6.48. The molecule has 0 bridgehead atoms. The number of likely N-dealkylation sites (N-methyl/N-ethyl adjacent to an activating group) is 1. The maximum Gasteiger partial charge on any atom is 0.241 e. The molecule has 1 aromatic heterocycles. The van der Waals surface area contributed by atoms with E-state index in [0.29, 0.717) is 29.9 Å². The topological polar surface area (TPSA) is 91.8 Å². The molecular weight excluding hydrogens is 456 g/mol. The second-order valence-electron chi connectivity index (χ2n) is 9.16. The van der Waals surface area contributed by atoms with Gasteiger partial charge in [0.05, 0.1) is 16.9 Å². The second kappa shape index (κ2) is 10.9. The van der Waals surface area contributed by atoms with Gasteiger partial charge in [-0.1, -0.05) is 12.7 Å². The molecule has 2 fully saturated rings. The summed E-state index contributed by atoms with van der Waals surface area (Å²) >= 11 is 0. The zero-order valence-electron chi connectivity index (χ0n) is 20.6. The van der Waals surface area contributed by atoms with Crippen LogP contribution in [0, 0.1) is 0 Å². The van der Waals surface area contributed by atoms with E-state index >= 15 is 0 Å². The van der Waals surface area contributed by atoms with Gasteiger partial charge < -0.3 is 29.9 Å². The lowest BCUT2D eigenvalue weighted by atomic mass is 10.2. The molecule has 5 rings (SSSR count). The van der Waals surface area contributed by atoms with Crippen molar-refractivity contribution >= 4 is 28.4 Å². The van der Waals surface area contributed by atoms with E-state index in [-0.39, 0.29) is 11.9 Å². The highest BCUT2D eigenvalue weighted by Crippen LogP contribution is 2.32. The van der Waals surface area contributed by atoms with Crippen LogP contribution >= 0.6 is 0 Å². The number of aromatic nitrogens is 2. The van der Waals surface area contributed by atoms with Gasteiger partial charge in [-0.05, 0) is 68.9 Å². The van der Waals surface area contributed by atoms with Crippen LogP contribution in [0.4, 0.5) is 11.6 Å². The lowest BCUT2D eigenvalue weighted by molar-refractivity contribution is -0.117. The molecule has 2 saturated heterocycles. The van der Waals surface area contributed by atoms with E-state index in [4.69, 9.17) is 19.4 Å². The van der Waals surface area contributed by atoms with Gasteiger partial charge >= 0.3 is 0 Å². The number of carbonyl (C=O) groups excluding carboxylic acids is 1. The van der Waals surface area contributed by atoms with Gasteiger partial charge in [-0.15, -0.1) is 0 Å². The summed E-state index contributed by atoms with van der Waals surface area (Å²) in [5, 5.41) is 6.94. The first kappa shape index (κ1) is 24.0. The quantitative estimate of drug-likeness (QED) is 0.466. The largest absolute Gasteiger partial charge is 0.473 e. The molecule has 2 aromatic carbocycles. The van der Waals surface area contributed by atoms with Crippen molar-refractivity contribution in [3.63, 3.8) is 0 Å². The van der Waals surface area contributed by atoms with Crippen molar-refractivity contribution in [3.05, 3.63) is 55.1 Å². The molecule has 0 spiro atoms. The van der Waals surface area contributed by atoms with Crippen LogP contribution in [0.3, 0.4) is 0 Å². The van der Waals surface area contributed by atoms with E-state index in [1.54, 1.807) is 6.08 Å². The van der Waals surface area contributed by atoms with Crippen LogP contribution in [0.15, 0.2) is 55.1 Å². The predicted octanol–water partition coefficient (Wildman–Crippen LogP) is 3.43. The maximum absolute atomic E-state index is 12.3. The number of ether oxygens (including phenoxy) is 2. The Bertz CT molecular complexity index is 1220. The molecule has 0 radical (unpaired) electrons. The highest BCUT2D eigenvalue weighted by atomic mass is 16.5. The van der Waals surface area contributed by atoms with E-state index < -0.39 is 0 Å². The van der Waals surface area contributed by atoms with Crippen molar-refractivity contribution < 1.29 is 14.3 Å². The minimum atomic E-state index is -0.116. The molecule has 36 heavy (non-hydrogen) atoms. The number of nitrogens with zero attached hydrogens (tertiary/aromatic N) is 4. The van der Waals surface area contributed by atoms with E-state index in [1.165, 1.54) is 0 Å². The molecule has 0 saturated carbocycles. The van der Waals surface area contributed by atoms with Crippen LogP contribution in [0.5, 0.6) is 17.4 Å². The molecule has 2 aliphatic heterocycles. The van der Waals surface area contributed by atoms with Gasteiger partial charge in [0.25, 0.3) is 0 Å². The van der Waals surface area contributed by atoms with E-state index in [1.807, 2.05) is 42.5 Å². The van der Waals surface area contributed by atoms with Crippen molar-refractivity contribution in [1.82, 2.24) is 20.2 Å². The summed E-state index contributed by atoms with van der Waals surface area (Å²) in [6, 6.07) is 12.9. The molecule has 0 aliphatic carbocycles. The lowest BCUT2D eigenvalue weighted by Crippen LogP contribution is -2.45. The summed E-state index contributed by atoms with van der Waals surface area (Å²) < 4.78 is 12.0. The fraction of sp³-hybridized carbons (Fsp3) is 0.370. The van der Waals surface area contributed by atoms with Gasteiger partial charge in [-0.25, -0.2) is 4.98 Å². The summed E-state index contributed by atoms with van der Waals surface area (Å²) in [7, 11) is 2.12. The third kappa shape index (κ3) is 5.58. The number of benzene rings is 2. The normalized spacial score (nSPS) is 18.2. The molecule has 2 aliphatic rings. The van der Waals surface area contributed by atoms with Crippen molar-refractivity contribution in [1.29, 1.82) is 0 Å². The van der Waals surface area contributed by atoms with E-state index in [2.05, 4.69) is 34.1 Å². The number of anilines is 2. The first-order valence-electron chi connectivity index (χ1n) is 12.4. The standard InChI is InChI=1S/C27H32N6O3/c1-3-17-35-26-22-18-21(10-11-23(22)30-27(31-26)33-15-13-32(2)14-16-33)36-20-8-6-19(7-9-20)29-25(34)24-5-4-12-28-24/h3,6-11,18,24,28H,1,4-5,12-17H2,2H3,(H,29,34)/t24-/m0/s1. The summed E-state index contributed by atoms with van der Waals surface area (Å²) in [4.78, 5) is 26.3. The Balaban J connectivity index is 1.33. The molecule has 3 aromatic rings. The Hall–Kier alpha value is -3.69. The first-order valence-corrected chi connectivity index (χ1v) is 12.4. The maximum atomic E-state index is 12.3. The number of nitrogens with one attached hydrogen (secondary N) is 2. The molecule has 3 heterocycles. The van der Waals surface area contributed by atoms with Crippen LogP contribution in [0.2, 0.25) is 0 Å². The van der Waals surface area contributed by atoms with Crippen LogP contribution in [-0.2, 0) is 4.79 Å². The highest BCUT2D eigenvalue weighted by molar-refractivity contribution is 5.95. The van der Waals surface area contributed by atoms with Crippen molar-refractivity contribution in [2.75, 3.05) is 56.6 Å². The zero-order chi connectivity index (χ0) is 24.9. The minimum absolute atomic E-state index is 0.00121. The second-order valence-corrected chi connectivity index (χ2v) is 9.16. The minimum Gasteiger partial charge on any atom is -0.473 e. The average molecular weight is 489 g/mol. The Morgan fingerprint density at radius 2 is 1.92 bits per heavy atom. The first-order chi connectivity index (χ1) is 17.6. The van der Waals surface area contributed by atoms with Gasteiger partial charge in [0, 0.05) is 31.9 Å². The summed E-state index contributed by atoms with van der Waals surface area (Å²) in [5.74, 6) is 2.49. The number of piperazine rings is 1. The van der Waals surface area contributed by atoms with Crippen LogP contribution in [-0.4, -0.2) is 73.2 Å². The van der Waals surface area contributed by atoms with Crippen LogP contribution in [0.25, 0.3) is 10.9 Å². The molecular formula is C27H32N6O3. The van der Waals surface area contributed by atoms with Crippen LogP contribution in [0.1, 0.15) is 12.8 Å². The van der Waals surface area contributed by atoms with Crippen molar-refractivity contribution in [3.8, 4) is 17.4 Å². The Labute approximate surface area is 211 Å². The number of hydrogen-bond donors (Lipinski definition) is 2. The summed E-state index contributed by atoms with van der Waals surface area (Å²) in [6.45, 7) is 8.68. The monoisotopic (exact) mass is 488 g/mol. The summed E-state index contributed by atoms with van der Waals surface area (Å²) in [6.07, 6.45) is 3.60. The molecule has 1 amide bonds. The lowest BCUT2D eigenvalue weighted by Gasteiger charge is -2.32. The van der Waals surface area contributed by atoms with Gasteiger partial charge in [0.15, 0.2) is 0 Å². The Morgan fingerprint density at radius 3 is 2.64 bits per heavy atom. The number of amides is 1. The fourth-order valence-electron chi connectivity index (χ4n) is 4.41. The Kier molecular flexibility index (Phi) is 7.29. The smallest absolute Gasteiger partial charge is 0.241 e. The number of fused-ring (bicyclic) bond motifs is 1. The zero-order valence-corrected chi connectivity index (χ0v) is 20.6. The molecule has 9 heteroatoms. The number of hydrogen-bond acceptors (Lipinski definition) is 8. The molecule has 9 nitrogen and oxygen atoms in total. The number of rotatable bonds is 8. The highest BCUT2D eigenvalue weighted by Gasteiger charge is 2.22. The van der Waals surface area contributed by atoms with Crippen molar-refractivity contribution in [2.24, 2.45) is 0 Å². The van der Waals surface area contributed by atoms with Gasteiger partial charge in [-0.3, -0.25) is 4.79 Å². The van der Waals surface area contributed by atoms with Gasteiger partial charge in [0.1, 0.15) is 18.1 Å².